The van der Waals surface area contributed by atoms with E-state index in [9.17, 15) is 4.39 Å². The van der Waals surface area contributed by atoms with Crippen molar-refractivity contribution in [3.63, 3.8) is 0 Å². The fourth-order valence-corrected chi connectivity index (χ4v) is 3.32. The lowest BCUT2D eigenvalue weighted by Gasteiger charge is -2.22. The molecule has 0 amide bonds. The Morgan fingerprint density at radius 3 is 2.80 bits per heavy atom. The van der Waals surface area contributed by atoms with Crippen molar-refractivity contribution in [1.29, 1.82) is 0 Å². The molecule has 1 fully saturated rings. The summed E-state index contributed by atoms with van der Waals surface area (Å²) in [4.78, 5) is 10.2. The number of H-pyrrole nitrogens is 1. The average Bonchev–Trinajstić information content (AvgIpc) is 3.29. The van der Waals surface area contributed by atoms with E-state index in [4.69, 9.17) is 4.74 Å². The van der Waals surface area contributed by atoms with Gasteiger partial charge in [-0.15, -0.1) is 0 Å². The molecular formula is C20H22FN3O. The van der Waals surface area contributed by atoms with Gasteiger partial charge in [0, 0.05) is 18.7 Å². The zero-order valence-corrected chi connectivity index (χ0v) is 14.4. The lowest BCUT2D eigenvalue weighted by molar-refractivity contribution is 0.318. The molecule has 0 aliphatic carbocycles. The number of rotatable bonds is 5. The third kappa shape index (κ3) is 3.18. The van der Waals surface area contributed by atoms with Gasteiger partial charge in [-0.2, -0.15) is 0 Å². The Morgan fingerprint density at radius 1 is 1.16 bits per heavy atom. The molecule has 0 bridgehead atoms. The first-order chi connectivity index (χ1) is 12.2. The van der Waals surface area contributed by atoms with Crippen LogP contribution in [0.15, 0.2) is 36.4 Å². The zero-order valence-electron chi connectivity index (χ0n) is 14.4. The van der Waals surface area contributed by atoms with E-state index in [0.717, 1.165) is 47.9 Å². The van der Waals surface area contributed by atoms with Crippen molar-refractivity contribution in [1.82, 2.24) is 9.97 Å². The minimum atomic E-state index is -0.260. The molecule has 1 aliphatic rings. The Morgan fingerprint density at radius 2 is 2.00 bits per heavy atom. The number of nitrogens with one attached hydrogen (secondary N) is 1. The number of halogens is 1. The van der Waals surface area contributed by atoms with Gasteiger partial charge in [0.05, 0.1) is 23.3 Å². The molecule has 25 heavy (non-hydrogen) atoms. The van der Waals surface area contributed by atoms with Crippen molar-refractivity contribution >= 4 is 16.7 Å². The normalized spacial score (nSPS) is 14.4. The molecule has 5 heteroatoms. The Bertz CT molecular complexity index is 884. The Balaban J connectivity index is 1.74. The van der Waals surface area contributed by atoms with E-state index in [1.165, 1.54) is 25.0 Å². The van der Waals surface area contributed by atoms with E-state index in [1.807, 2.05) is 12.1 Å². The van der Waals surface area contributed by atoms with E-state index in [2.05, 4.69) is 27.9 Å². The van der Waals surface area contributed by atoms with Gasteiger partial charge in [0.2, 0.25) is 0 Å². The van der Waals surface area contributed by atoms with E-state index in [1.54, 1.807) is 6.07 Å². The van der Waals surface area contributed by atoms with Gasteiger partial charge in [-0.3, -0.25) is 0 Å². The molecule has 130 valence electrons. The number of aromatic nitrogens is 2. The number of nitrogens with zero attached hydrogens (tertiary/aromatic N) is 2. The van der Waals surface area contributed by atoms with Crippen LogP contribution in [0.3, 0.4) is 0 Å². The van der Waals surface area contributed by atoms with Crippen LogP contribution in [0.25, 0.3) is 22.4 Å². The predicted octanol–water partition coefficient (Wildman–Crippen LogP) is 4.76. The van der Waals surface area contributed by atoms with Crippen LogP contribution >= 0.6 is 0 Å². The van der Waals surface area contributed by atoms with Gasteiger partial charge in [-0.05, 0) is 55.7 Å². The number of imidazole rings is 1. The van der Waals surface area contributed by atoms with Crippen molar-refractivity contribution in [2.24, 2.45) is 0 Å². The summed E-state index contributed by atoms with van der Waals surface area (Å²) in [6.07, 6.45) is 3.40. The molecule has 0 saturated carbocycles. The first-order valence-electron chi connectivity index (χ1n) is 8.92. The number of anilines is 1. The molecule has 2 aromatic carbocycles. The van der Waals surface area contributed by atoms with Gasteiger partial charge in [-0.25, -0.2) is 9.37 Å². The largest absolute Gasteiger partial charge is 0.491 e. The molecule has 2 heterocycles. The second kappa shape index (κ2) is 6.75. The quantitative estimate of drug-likeness (QED) is 0.729. The summed E-state index contributed by atoms with van der Waals surface area (Å²) in [5, 5.41) is 0. The van der Waals surface area contributed by atoms with Crippen LogP contribution in [0.4, 0.5) is 10.1 Å². The SMILES string of the molecule is CCCOc1ccc(-c2nc3ccc(F)cc3[nH]2)cc1N1CCCC1. The summed E-state index contributed by atoms with van der Waals surface area (Å²) in [5.41, 5.74) is 3.59. The summed E-state index contributed by atoms with van der Waals surface area (Å²) in [5.74, 6) is 1.42. The van der Waals surface area contributed by atoms with Crippen LogP contribution in [0, 0.1) is 5.82 Å². The summed E-state index contributed by atoms with van der Waals surface area (Å²) >= 11 is 0. The molecule has 0 radical (unpaired) electrons. The zero-order chi connectivity index (χ0) is 17.2. The van der Waals surface area contributed by atoms with Gasteiger partial charge < -0.3 is 14.6 Å². The van der Waals surface area contributed by atoms with E-state index < -0.39 is 0 Å². The minimum absolute atomic E-state index is 0.260. The van der Waals surface area contributed by atoms with Crippen molar-refractivity contribution in [2.75, 3.05) is 24.6 Å². The Hall–Kier alpha value is -2.56. The van der Waals surface area contributed by atoms with Crippen LogP contribution < -0.4 is 9.64 Å². The summed E-state index contributed by atoms with van der Waals surface area (Å²) in [7, 11) is 0. The van der Waals surface area contributed by atoms with E-state index in [0.29, 0.717) is 12.1 Å². The smallest absolute Gasteiger partial charge is 0.142 e. The molecule has 4 nitrogen and oxygen atoms in total. The van der Waals surface area contributed by atoms with Crippen molar-refractivity contribution in [3.05, 3.63) is 42.2 Å². The highest BCUT2D eigenvalue weighted by Gasteiger charge is 2.18. The first kappa shape index (κ1) is 15.9. The summed E-state index contributed by atoms with van der Waals surface area (Å²) < 4.78 is 19.4. The molecule has 3 aromatic rings. The summed E-state index contributed by atoms with van der Waals surface area (Å²) in [6.45, 7) is 4.93. The van der Waals surface area contributed by atoms with Gasteiger partial charge in [0.25, 0.3) is 0 Å². The number of benzene rings is 2. The molecule has 0 unspecified atom stereocenters. The third-order valence-corrected chi connectivity index (χ3v) is 4.58. The Labute approximate surface area is 146 Å². The van der Waals surface area contributed by atoms with Crippen LogP contribution in [0.2, 0.25) is 0 Å². The van der Waals surface area contributed by atoms with Gasteiger partial charge in [0.1, 0.15) is 17.4 Å². The van der Waals surface area contributed by atoms with E-state index in [-0.39, 0.29) is 5.82 Å². The van der Waals surface area contributed by atoms with E-state index >= 15 is 0 Å². The maximum Gasteiger partial charge on any atom is 0.142 e. The number of hydrogen-bond donors (Lipinski definition) is 1. The van der Waals surface area contributed by atoms with Gasteiger partial charge >= 0.3 is 0 Å². The molecule has 1 saturated heterocycles. The number of fused-ring (bicyclic) bond motifs is 1. The standard InChI is InChI=1S/C20H22FN3O/c1-2-11-25-19-8-5-14(12-18(19)24-9-3-4-10-24)20-22-16-7-6-15(21)13-17(16)23-20/h5-8,12-13H,2-4,9-11H2,1H3,(H,22,23). The third-order valence-electron chi connectivity index (χ3n) is 4.58. The van der Waals surface area contributed by atoms with Crippen molar-refractivity contribution in [2.45, 2.75) is 26.2 Å². The predicted molar refractivity (Wildman–Crippen MR) is 98.7 cm³/mol. The maximum absolute atomic E-state index is 13.4. The highest BCUT2D eigenvalue weighted by atomic mass is 19.1. The highest BCUT2D eigenvalue weighted by molar-refractivity contribution is 5.80. The number of hydrogen-bond acceptors (Lipinski definition) is 3. The maximum atomic E-state index is 13.4. The van der Waals surface area contributed by atoms with Crippen LogP contribution in [-0.2, 0) is 0 Å². The molecule has 1 aromatic heterocycles. The van der Waals surface area contributed by atoms with Crippen LogP contribution in [0.5, 0.6) is 5.75 Å². The Kier molecular flexibility index (Phi) is 4.30. The van der Waals surface area contributed by atoms with Gasteiger partial charge in [-0.1, -0.05) is 6.92 Å². The molecule has 0 spiro atoms. The molecule has 4 rings (SSSR count). The minimum Gasteiger partial charge on any atom is -0.491 e. The highest BCUT2D eigenvalue weighted by Crippen LogP contribution is 2.35. The number of ether oxygens (including phenoxy) is 1. The fraction of sp³-hybridized carbons (Fsp3) is 0.350. The average molecular weight is 339 g/mol. The second-order valence-corrected chi connectivity index (χ2v) is 6.47. The fourth-order valence-electron chi connectivity index (χ4n) is 3.32. The second-order valence-electron chi connectivity index (χ2n) is 6.47. The van der Waals surface area contributed by atoms with Crippen LogP contribution in [0.1, 0.15) is 26.2 Å². The number of aromatic amines is 1. The lowest BCUT2D eigenvalue weighted by Crippen LogP contribution is -2.18. The van der Waals surface area contributed by atoms with Gasteiger partial charge in [0.15, 0.2) is 0 Å². The van der Waals surface area contributed by atoms with Crippen molar-refractivity contribution < 1.29 is 9.13 Å². The lowest BCUT2D eigenvalue weighted by atomic mass is 10.1. The van der Waals surface area contributed by atoms with Crippen molar-refractivity contribution in [3.8, 4) is 17.1 Å². The molecular weight excluding hydrogens is 317 g/mol. The van der Waals surface area contributed by atoms with Crippen LogP contribution in [-0.4, -0.2) is 29.7 Å². The molecule has 1 N–H and O–H groups in total. The first-order valence-corrected chi connectivity index (χ1v) is 8.92. The topological polar surface area (TPSA) is 41.1 Å². The molecule has 0 atom stereocenters. The molecule has 1 aliphatic heterocycles. The monoisotopic (exact) mass is 339 g/mol. The summed E-state index contributed by atoms with van der Waals surface area (Å²) in [6, 6.07) is 10.8.